The summed E-state index contributed by atoms with van der Waals surface area (Å²) in [5, 5.41) is 20.8. The second-order valence-electron chi connectivity index (χ2n) is 11.6. The Morgan fingerprint density at radius 1 is 0.875 bits per heavy atom. The average molecular weight is 644 g/mol. The highest BCUT2D eigenvalue weighted by atomic mass is 16.5. The molecule has 3 aliphatic rings. The van der Waals surface area contributed by atoms with Crippen molar-refractivity contribution in [2.75, 3.05) is 23.3 Å². The second kappa shape index (κ2) is 14.0. The van der Waals surface area contributed by atoms with E-state index in [1.165, 1.54) is 6.92 Å². The molecule has 0 spiro atoms. The molecule has 0 aliphatic carbocycles. The van der Waals surface area contributed by atoms with Crippen LogP contribution in [0.4, 0.5) is 11.8 Å². The lowest BCUT2D eigenvalue weighted by Crippen LogP contribution is -2.39. The van der Waals surface area contributed by atoms with Gasteiger partial charge in [0.15, 0.2) is 12.4 Å². The van der Waals surface area contributed by atoms with E-state index in [2.05, 4.69) is 42.5 Å². The molecule has 48 heavy (non-hydrogen) atoms. The van der Waals surface area contributed by atoms with Crippen LogP contribution in [0.1, 0.15) is 52.6 Å². The Labute approximate surface area is 277 Å². The van der Waals surface area contributed by atoms with Crippen LogP contribution in [0.2, 0.25) is 0 Å². The number of hydrogen-bond donors (Lipinski definition) is 2. The van der Waals surface area contributed by atoms with E-state index in [1.54, 1.807) is 34.3 Å². The summed E-state index contributed by atoms with van der Waals surface area (Å²) in [7, 11) is 0. The van der Waals surface area contributed by atoms with E-state index >= 15 is 0 Å². The summed E-state index contributed by atoms with van der Waals surface area (Å²) in [5.41, 5.74) is 11.2. The number of nitriles is 2. The van der Waals surface area contributed by atoms with Crippen molar-refractivity contribution < 1.29 is 14.3 Å². The number of primary amides is 1. The molecule has 2 amide bonds. The van der Waals surface area contributed by atoms with Gasteiger partial charge in [-0.1, -0.05) is 42.5 Å². The summed E-state index contributed by atoms with van der Waals surface area (Å²) in [5.74, 6) is 1.02. The first-order valence-electron chi connectivity index (χ1n) is 15.5. The molecule has 242 valence electrons. The lowest BCUT2D eigenvalue weighted by molar-refractivity contribution is -0.114. The number of amides is 2. The normalized spacial score (nSPS) is 14.9. The number of carbonyl (C=O) groups is 2. The number of ether oxygens (including phenoxy) is 1. The van der Waals surface area contributed by atoms with E-state index in [0.29, 0.717) is 37.5 Å². The van der Waals surface area contributed by atoms with Crippen LogP contribution in [-0.4, -0.2) is 60.7 Å². The minimum absolute atomic E-state index is 0.0206. The molecular formula is C34H33N11O3. The summed E-state index contributed by atoms with van der Waals surface area (Å²) in [4.78, 5) is 45.9. The van der Waals surface area contributed by atoms with Crippen LogP contribution in [0.15, 0.2) is 60.9 Å². The molecular weight excluding hydrogens is 610 g/mol. The molecule has 0 unspecified atom stereocenters. The van der Waals surface area contributed by atoms with Crippen LogP contribution in [-0.2, 0) is 31.0 Å². The predicted octanol–water partition coefficient (Wildman–Crippen LogP) is 3.32. The minimum atomic E-state index is -0.485. The Hall–Kier alpha value is -6.28. The highest BCUT2D eigenvalue weighted by Gasteiger charge is 2.29. The standard InChI is InChI=1S/C19H20N6O2.C15H13N5O/c20-11-24-9-15-16(10-24)22-12-23-19(15)25-7-5-13(6-8-25)27-17-4-2-1-3-14(17)18(21)26;1-10(21)17-15-18-13-8-20(9-16)7-12(13)14(19-15)11-5-3-2-4-6-11/h1-4,12-13H,5-10H2,(H2,21,26);2-6H,7-8H2,1H3,(H,17,18,19,21). The Bertz CT molecular complexity index is 1910. The largest absolute Gasteiger partial charge is 0.489 e. The summed E-state index contributed by atoms with van der Waals surface area (Å²) in [6, 6.07) is 16.8. The molecule has 14 nitrogen and oxygen atoms in total. The maximum Gasteiger partial charge on any atom is 0.252 e. The number of nitrogens with two attached hydrogens (primary N) is 1. The van der Waals surface area contributed by atoms with Crippen molar-refractivity contribution in [2.24, 2.45) is 5.73 Å². The van der Waals surface area contributed by atoms with Gasteiger partial charge in [-0.15, -0.1) is 0 Å². The lowest BCUT2D eigenvalue weighted by atomic mass is 10.1. The zero-order valence-electron chi connectivity index (χ0n) is 26.3. The van der Waals surface area contributed by atoms with Crippen LogP contribution in [0.3, 0.4) is 0 Å². The van der Waals surface area contributed by atoms with Crippen molar-refractivity contribution in [2.45, 2.75) is 52.0 Å². The minimum Gasteiger partial charge on any atom is -0.489 e. The molecule has 3 N–H and O–H groups in total. The Morgan fingerprint density at radius 2 is 1.54 bits per heavy atom. The van der Waals surface area contributed by atoms with Gasteiger partial charge in [0.05, 0.1) is 48.8 Å². The van der Waals surface area contributed by atoms with Crippen molar-refractivity contribution >= 4 is 23.6 Å². The number of nitrogens with one attached hydrogen (secondary N) is 1. The molecule has 1 fully saturated rings. The van der Waals surface area contributed by atoms with Crippen molar-refractivity contribution in [3.05, 3.63) is 89.0 Å². The summed E-state index contributed by atoms with van der Waals surface area (Å²) < 4.78 is 6.05. The average Bonchev–Trinajstić information content (AvgIpc) is 3.73. The number of nitrogens with zero attached hydrogens (tertiary/aromatic N) is 9. The van der Waals surface area contributed by atoms with Crippen LogP contribution < -0.4 is 20.7 Å². The molecule has 0 radical (unpaired) electrons. The van der Waals surface area contributed by atoms with Gasteiger partial charge < -0.3 is 25.2 Å². The fourth-order valence-corrected chi connectivity index (χ4v) is 6.02. The van der Waals surface area contributed by atoms with E-state index in [-0.39, 0.29) is 18.0 Å². The molecule has 2 aromatic heterocycles. The van der Waals surface area contributed by atoms with E-state index in [4.69, 9.17) is 21.0 Å². The number of para-hydroxylation sites is 1. The zero-order chi connectivity index (χ0) is 33.6. The zero-order valence-corrected chi connectivity index (χ0v) is 26.3. The molecule has 0 atom stereocenters. The smallest absolute Gasteiger partial charge is 0.252 e. The SMILES string of the molecule is CC(=O)Nc1nc2c(c(-c3ccccc3)n1)CN(C#N)C2.N#CN1Cc2ncnc(N3CCC(Oc4ccccc4C(N)=O)CC3)c2C1. The molecule has 7 rings (SSSR count). The van der Waals surface area contributed by atoms with Gasteiger partial charge in [0, 0.05) is 49.5 Å². The summed E-state index contributed by atoms with van der Waals surface area (Å²) in [6.07, 6.45) is 7.52. The van der Waals surface area contributed by atoms with Crippen LogP contribution >= 0.6 is 0 Å². The van der Waals surface area contributed by atoms with Gasteiger partial charge in [0.1, 0.15) is 24.0 Å². The molecule has 2 aromatic carbocycles. The van der Waals surface area contributed by atoms with E-state index < -0.39 is 5.91 Å². The quantitative estimate of drug-likeness (QED) is 0.292. The molecule has 14 heteroatoms. The molecule has 4 aromatic rings. The van der Waals surface area contributed by atoms with Gasteiger partial charge in [0.2, 0.25) is 11.9 Å². The third-order valence-corrected chi connectivity index (χ3v) is 8.29. The van der Waals surface area contributed by atoms with E-state index in [9.17, 15) is 9.59 Å². The van der Waals surface area contributed by atoms with Crippen molar-refractivity contribution in [1.82, 2.24) is 29.7 Å². The number of benzene rings is 2. The number of hydrogen-bond acceptors (Lipinski definition) is 12. The Morgan fingerprint density at radius 3 is 2.23 bits per heavy atom. The predicted molar refractivity (Wildman–Crippen MR) is 174 cm³/mol. The molecule has 1 saturated heterocycles. The maximum atomic E-state index is 11.6. The highest BCUT2D eigenvalue weighted by molar-refractivity contribution is 5.95. The van der Waals surface area contributed by atoms with E-state index in [0.717, 1.165) is 65.5 Å². The Kier molecular flexibility index (Phi) is 9.25. The fourth-order valence-electron chi connectivity index (χ4n) is 6.02. The number of fused-ring (bicyclic) bond motifs is 2. The summed E-state index contributed by atoms with van der Waals surface area (Å²) in [6.45, 7) is 5.05. The lowest BCUT2D eigenvalue weighted by Gasteiger charge is -2.34. The van der Waals surface area contributed by atoms with Gasteiger partial charge in [-0.3, -0.25) is 14.9 Å². The molecule has 3 aliphatic heterocycles. The highest BCUT2D eigenvalue weighted by Crippen LogP contribution is 2.32. The van der Waals surface area contributed by atoms with Gasteiger partial charge in [-0.2, -0.15) is 10.5 Å². The van der Waals surface area contributed by atoms with Gasteiger partial charge in [-0.05, 0) is 12.1 Å². The van der Waals surface area contributed by atoms with Crippen molar-refractivity contribution in [3.8, 4) is 29.4 Å². The number of piperidine rings is 1. The molecule has 5 heterocycles. The molecule has 0 saturated carbocycles. The van der Waals surface area contributed by atoms with Gasteiger partial charge >= 0.3 is 0 Å². The molecule has 0 bridgehead atoms. The fraction of sp³-hybridized carbons (Fsp3) is 0.294. The van der Waals surface area contributed by atoms with Gasteiger partial charge in [0.25, 0.3) is 5.91 Å². The third-order valence-electron chi connectivity index (χ3n) is 8.29. The van der Waals surface area contributed by atoms with Crippen LogP contribution in [0.5, 0.6) is 5.75 Å². The van der Waals surface area contributed by atoms with E-state index in [1.807, 2.05) is 36.4 Å². The monoisotopic (exact) mass is 643 g/mol. The van der Waals surface area contributed by atoms with Gasteiger partial charge in [-0.25, -0.2) is 19.9 Å². The first-order valence-corrected chi connectivity index (χ1v) is 15.5. The number of rotatable bonds is 6. The van der Waals surface area contributed by atoms with Crippen LogP contribution in [0, 0.1) is 22.9 Å². The Balaban J connectivity index is 0.000000173. The topological polar surface area (TPSA) is 190 Å². The number of anilines is 2. The van der Waals surface area contributed by atoms with Crippen molar-refractivity contribution in [1.29, 1.82) is 10.5 Å². The number of carbonyl (C=O) groups excluding carboxylic acids is 2. The van der Waals surface area contributed by atoms with Crippen molar-refractivity contribution in [3.63, 3.8) is 0 Å². The summed E-state index contributed by atoms with van der Waals surface area (Å²) >= 11 is 0. The number of aromatic nitrogens is 4. The van der Waals surface area contributed by atoms with Crippen LogP contribution in [0.25, 0.3) is 11.3 Å². The first kappa shape index (κ1) is 31.7. The first-order chi connectivity index (χ1) is 23.3. The third kappa shape index (κ3) is 6.93. The second-order valence-corrected chi connectivity index (χ2v) is 11.6. The maximum absolute atomic E-state index is 11.6.